The number of hydrogen-bond acceptors (Lipinski definition) is 7. The first kappa shape index (κ1) is 19.1. The fourth-order valence-electron chi connectivity index (χ4n) is 3.51. The van der Waals surface area contributed by atoms with Crippen LogP contribution in [0.3, 0.4) is 0 Å². The van der Waals surface area contributed by atoms with E-state index in [0.717, 1.165) is 24.3 Å². The standard InChI is InChI=1S/C20H24N6O3/c1-14(27)29-11-10-24(2)20-22-19-21-17-13-25(12-15-6-4-3-5-7-15)9-8-16(17)18(28)26(19)23-20/h3-7H,8-13H2,1-2H3,(H,21,22,23). The second kappa shape index (κ2) is 8.04. The van der Waals surface area contributed by atoms with Crippen LogP contribution in [0.15, 0.2) is 35.1 Å². The molecule has 0 aliphatic carbocycles. The zero-order valence-corrected chi connectivity index (χ0v) is 16.6. The molecule has 0 bridgehead atoms. The van der Waals surface area contributed by atoms with E-state index in [1.54, 1.807) is 4.90 Å². The van der Waals surface area contributed by atoms with Gasteiger partial charge in [0.05, 0.1) is 12.2 Å². The van der Waals surface area contributed by atoms with Crippen molar-refractivity contribution in [3.05, 3.63) is 57.5 Å². The van der Waals surface area contributed by atoms with Crippen molar-refractivity contribution in [1.29, 1.82) is 0 Å². The lowest BCUT2D eigenvalue weighted by atomic mass is 10.1. The number of nitrogens with zero attached hydrogens (tertiary/aromatic N) is 5. The maximum atomic E-state index is 12.9. The first-order chi connectivity index (χ1) is 14.0. The number of hydrogen-bond donors (Lipinski definition) is 1. The zero-order valence-electron chi connectivity index (χ0n) is 16.6. The van der Waals surface area contributed by atoms with E-state index in [0.29, 0.717) is 31.2 Å². The van der Waals surface area contributed by atoms with Crippen LogP contribution in [0.4, 0.5) is 5.95 Å². The smallest absolute Gasteiger partial charge is 0.302 e. The van der Waals surface area contributed by atoms with Gasteiger partial charge in [0, 0.05) is 39.2 Å². The van der Waals surface area contributed by atoms with E-state index in [1.807, 2.05) is 25.2 Å². The number of ether oxygens (including phenoxy) is 1. The van der Waals surface area contributed by atoms with Gasteiger partial charge in [-0.2, -0.15) is 9.50 Å². The van der Waals surface area contributed by atoms with Crippen molar-refractivity contribution >= 4 is 17.7 Å². The molecule has 1 N–H and O–H groups in total. The Hall–Kier alpha value is -3.20. The number of rotatable bonds is 6. The number of likely N-dealkylation sites (N-methyl/N-ethyl adjacent to an activating group) is 1. The fraction of sp³-hybridized carbons (Fsp3) is 0.400. The molecule has 3 aromatic rings. The molecule has 9 nitrogen and oxygen atoms in total. The van der Waals surface area contributed by atoms with Crippen LogP contribution in [0.5, 0.6) is 0 Å². The van der Waals surface area contributed by atoms with Gasteiger partial charge in [0.2, 0.25) is 5.95 Å². The molecule has 0 amide bonds. The van der Waals surface area contributed by atoms with Crippen molar-refractivity contribution < 1.29 is 9.53 Å². The lowest BCUT2D eigenvalue weighted by Gasteiger charge is -2.27. The van der Waals surface area contributed by atoms with Crippen molar-refractivity contribution in [3.8, 4) is 0 Å². The van der Waals surface area contributed by atoms with Crippen LogP contribution >= 0.6 is 0 Å². The highest BCUT2D eigenvalue weighted by Gasteiger charge is 2.23. The van der Waals surface area contributed by atoms with E-state index in [-0.39, 0.29) is 18.1 Å². The Labute approximate surface area is 167 Å². The molecule has 0 fully saturated rings. The number of carbonyl (C=O) groups is 1. The molecule has 0 atom stereocenters. The highest BCUT2D eigenvalue weighted by molar-refractivity contribution is 5.65. The van der Waals surface area contributed by atoms with Gasteiger partial charge in [0.15, 0.2) is 0 Å². The zero-order chi connectivity index (χ0) is 20.4. The summed E-state index contributed by atoms with van der Waals surface area (Å²) in [5, 5.41) is 3.01. The minimum atomic E-state index is -0.325. The largest absolute Gasteiger partial charge is 0.464 e. The van der Waals surface area contributed by atoms with Gasteiger partial charge in [-0.15, -0.1) is 0 Å². The maximum absolute atomic E-state index is 12.9. The summed E-state index contributed by atoms with van der Waals surface area (Å²) < 4.78 is 6.35. The van der Waals surface area contributed by atoms with Gasteiger partial charge in [0.25, 0.3) is 11.3 Å². The molecule has 0 radical (unpaired) electrons. The van der Waals surface area contributed by atoms with E-state index in [1.165, 1.54) is 17.0 Å². The van der Waals surface area contributed by atoms with Crippen LogP contribution in [0, 0.1) is 0 Å². The third-order valence-electron chi connectivity index (χ3n) is 5.06. The van der Waals surface area contributed by atoms with Crippen LogP contribution < -0.4 is 10.5 Å². The van der Waals surface area contributed by atoms with Gasteiger partial charge in [-0.05, 0) is 12.0 Å². The van der Waals surface area contributed by atoms with Crippen LogP contribution in [-0.2, 0) is 29.0 Å². The summed E-state index contributed by atoms with van der Waals surface area (Å²) in [4.78, 5) is 37.0. The predicted molar refractivity (Wildman–Crippen MR) is 108 cm³/mol. The van der Waals surface area contributed by atoms with Crippen LogP contribution in [0.1, 0.15) is 23.7 Å². The molecule has 1 aromatic carbocycles. The quantitative estimate of drug-likeness (QED) is 0.621. The summed E-state index contributed by atoms with van der Waals surface area (Å²) in [7, 11) is 1.81. The molecule has 4 rings (SSSR count). The summed E-state index contributed by atoms with van der Waals surface area (Å²) >= 11 is 0. The summed E-state index contributed by atoms with van der Waals surface area (Å²) in [6.07, 6.45) is 0.660. The Bertz CT molecular complexity index is 1080. The van der Waals surface area contributed by atoms with E-state index in [2.05, 4.69) is 32.1 Å². The minimum absolute atomic E-state index is 0.100. The third-order valence-corrected chi connectivity index (χ3v) is 5.06. The molecular weight excluding hydrogens is 372 g/mol. The molecule has 3 heterocycles. The Morgan fingerprint density at radius 3 is 2.83 bits per heavy atom. The number of anilines is 1. The van der Waals surface area contributed by atoms with E-state index >= 15 is 0 Å². The Balaban J connectivity index is 1.54. The number of benzene rings is 1. The Kier molecular flexibility index (Phi) is 5.30. The number of H-pyrrole nitrogens is 1. The van der Waals surface area contributed by atoms with E-state index < -0.39 is 0 Å². The van der Waals surface area contributed by atoms with E-state index in [9.17, 15) is 9.59 Å². The highest BCUT2D eigenvalue weighted by Crippen LogP contribution is 2.18. The molecule has 2 aromatic heterocycles. The van der Waals surface area contributed by atoms with Gasteiger partial charge in [0.1, 0.15) is 6.61 Å². The molecule has 0 saturated carbocycles. The Morgan fingerprint density at radius 1 is 1.28 bits per heavy atom. The number of nitrogens with one attached hydrogen (secondary N) is 1. The average Bonchev–Trinajstić information content (AvgIpc) is 3.13. The topological polar surface area (TPSA) is 95.8 Å². The number of carbonyl (C=O) groups excluding carboxylic acids is 1. The van der Waals surface area contributed by atoms with Crippen molar-refractivity contribution in [2.75, 3.05) is 31.6 Å². The SMILES string of the molecule is CC(=O)OCCN(C)c1nc2nc3c(c(=O)n2[nH]1)CCN(Cc1ccccc1)C3. The van der Waals surface area contributed by atoms with Crippen molar-refractivity contribution in [2.24, 2.45) is 0 Å². The number of fused-ring (bicyclic) bond motifs is 2. The third kappa shape index (κ3) is 4.14. The number of esters is 1. The van der Waals surface area contributed by atoms with Gasteiger partial charge in [-0.1, -0.05) is 30.3 Å². The van der Waals surface area contributed by atoms with Gasteiger partial charge in [-0.25, -0.2) is 4.98 Å². The molecule has 0 saturated heterocycles. The normalized spacial score (nSPS) is 14.0. The van der Waals surface area contributed by atoms with Crippen molar-refractivity contribution in [1.82, 2.24) is 24.5 Å². The first-order valence-electron chi connectivity index (χ1n) is 9.62. The first-order valence-corrected chi connectivity index (χ1v) is 9.62. The lowest BCUT2D eigenvalue weighted by Crippen LogP contribution is -2.36. The number of aromatic amines is 1. The molecule has 29 heavy (non-hydrogen) atoms. The lowest BCUT2D eigenvalue weighted by molar-refractivity contribution is -0.140. The van der Waals surface area contributed by atoms with Gasteiger partial charge in [-0.3, -0.25) is 19.6 Å². The molecule has 152 valence electrons. The second-order valence-corrected chi connectivity index (χ2v) is 7.23. The van der Waals surface area contributed by atoms with Crippen LogP contribution in [0.2, 0.25) is 0 Å². The van der Waals surface area contributed by atoms with Crippen molar-refractivity contribution in [2.45, 2.75) is 26.4 Å². The molecule has 9 heteroatoms. The number of aromatic nitrogens is 4. The molecular formula is C20H24N6O3. The predicted octanol–water partition coefficient (Wildman–Crippen LogP) is 0.975. The molecule has 1 aliphatic rings. The van der Waals surface area contributed by atoms with Gasteiger partial charge >= 0.3 is 5.97 Å². The van der Waals surface area contributed by atoms with E-state index in [4.69, 9.17) is 4.74 Å². The summed E-state index contributed by atoms with van der Waals surface area (Å²) in [5.74, 6) is 0.531. The fourth-order valence-corrected chi connectivity index (χ4v) is 3.51. The summed E-state index contributed by atoms with van der Waals surface area (Å²) in [6.45, 7) is 4.34. The summed E-state index contributed by atoms with van der Waals surface area (Å²) in [5.41, 5.74) is 2.67. The second-order valence-electron chi connectivity index (χ2n) is 7.23. The molecule has 0 spiro atoms. The Morgan fingerprint density at radius 2 is 2.07 bits per heavy atom. The maximum Gasteiger partial charge on any atom is 0.302 e. The molecule has 1 aliphatic heterocycles. The highest BCUT2D eigenvalue weighted by atomic mass is 16.5. The minimum Gasteiger partial charge on any atom is -0.464 e. The van der Waals surface area contributed by atoms with Crippen LogP contribution in [-0.4, -0.2) is 57.2 Å². The summed E-state index contributed by atoms with van der Waals surface area (Å²) in [6, 6.07) is 10.3. The average molecular weight is 396 g/mol. The van der Waals surface area contributed by atoms with Gasteiger partial charge < -0.3 is 9.64 Å². The monoisotopic (exact) mass is 396 g/mol. The van der Waals surface area contributed by atoms with Crippen LogP contribution in [0.25, 0.3) is 5.78 Å². The molecule has 0 unspecified atom stereocenters. The van der Waals surface area contributed by atoms with Crippen molar-refractivity contribution in [3.63, 3.8) is 0 Å².